The van der Waals surface area contributed by atoms with Crippen molar-refractivity contribution in [3.63, 3.8) is 0 Å². The maximum absolute atomic E-state index is 12.3. The van der Waals surface area contributed by atoms with Gasteiger partial charge in [-0.1, -0.05) is 24.3 Å². The number of hydrogen-bond acceptors (Lipinski definition) is 1. The fourth-order valence-electron chi connectivity index (χ4n) is 3.51. The molecular formula is C17H22ClNO. The second-order valence-corrected chi connectivity index (χ2v) is 6.85. The Bertz CT molecular complexity index is 488. The van der Waals surface area contributed by atoms with Gasteiger partial charge < -0.3 is 5.32 Å². The number of halogens is 1. The predicted molar refractivity (Wildman–Crippen MR) is 81.9 cm³/mol. The molecule has 1 aromatic rings. The quantitative estimate of drug-likeness (QED) is 0.851. The topological polar surface area (TPSA) is 29.1 Å². The van der Waals surface area contributed by atoms with Gasteiger partial charge in [-0.15, -0.1) is 11.6 Å². The van der Waals surface area contributed by atoms with Crippen LogP contribution in [0.1, 0.15) is 36.8 Å². The molecule has 3 heteroatoms. The Kier molecular flexibility index (Phi) is 4.30. The van der Waals surface area contributed by atoms with E-state index in [-0.39, 0.29) is 11.8 Å². The zero-order valence-corrected chi connectivity index (χ0v) is 12.5. The number of amides is 1. The third-order valence-corrected chi connectivity index (χ3v) is 5.16. The molecule has 0 radical (unpaired) electrons. The highest BCUT2D eigenvalue weighted by atomic mass is 35.5. The minimum absolute atomic E-state index is 0.151. The van der Waals surface area contributed by atoms with Crippen LogP contribution in [0.4, 0.5) is 0 Å². The van der Waals surface area contributed by atoms with Crippen LogP contribution in [0.5, 0.6) is 0 Å². The highest BCUT2D eigenvalue weighted by Gasteiger charge is 2.27. The molecule has 2 aliphatic carbocycles. The number of aryl methyl sites for hydroxylation is 1. The van der Waals surface area contributed by atoms with E-state index >= 15 is 0 Å². The van der Waals surface area contributed by atoms with E-state index in [2.05, 4.69) is 29.6 Å². The standard InChI is InChI=1S/C17H22ClNO/c18-16-8-5-12(9-16)11-19-17(20)15-7-6-13-3-1-2-4-14(13)10-15/h1-4,12,15-16H,5-11H2,(H,19,20). The van der Waals surface area contributed by atoms with Crippen molar-refractivity contribution in [3.05, 3.63) is 35.4 Å². The van der Waals surface area contributed by atoms with Crippen molar-refractivity contribution in [1.82, 2.24) is 5.32 Å². The van der Waals surface area contributed by atoms with Crippen molar-refractivity contribution < 1.29 is 4.79 Å². The fourth-order valence-corrected chi connectivity index (χ4v) is 3.89. The van der Waals surface area contributed by atoms with E-state index < -0.39 is 0 Å². The van der Waals surface area contributed by atoms with E-state index in [0.29, 0.717) is 11.3 Å². The van der Waals surface area contributed by atoms with Gasteiger partial charge in [0.2, 0.25) is 5.91 Å². The van der Waals surface area contributed by atoms with Gasteiger partial charge in [0.25, 0.3) is 0 Å². The lowest BCUT2D eigenvalue weighted by molar-refractivity contribution is -0.125. The SMILES string of the molecule is O=C(NCC1CCC(Cl)C1)C1CCc2ccccc2C1. The van der Waals surface area contributed by atoms with E-state index in [1.54, 1.807) is 0 Å². The number of alkyl halides is 1. The molecule has 2 aliphatic rings. The second kappa shape index (κ2) is 6.17. The lowest BCUT2D eigenvalue weighted by Gasteiger charge is -2.24. The molecule has 1 saturated carbocycles. The van der Waals surface area contributed by atoms with Crippen LogP contribution >= 0.6 is 11.6 Å². The Morgan fingerprint density at radius 3 is 2.75 bits per heavy atom. The summed E-state index contributed by atoms with van der Waals surface area (Å²) in [6.07, 6.45) is 6.20. The summed E-state index contributed by atoms with van der Waals surface area (Å²) in [5.41, 5.74) is 2.76. The van der Waals surface area contributed by atoms with E-state index in [1.807, 2.05) is 0 Å². The molecule has 0 aromatic heterocycles. The number of rotatable bonds is 3. The zero-order valence-electron chi connectivity index (χ0n) is 11.8. The van der Waals surface area contributed by atoms with Crippen molar-refractivity contribution in [3.8, 4) is 0 Å². The van der Waals surface area contributed by atoms with Gasteiger partial charge in [0.05, 0.1) is 0 Å². The largest absolute Gasteiger partial charge is 0.356 e. The molecule has 0 heterocycles. The fraction of sp³-hybridized carbons (Fsp3) is 0.588. The highest BCUT2D eigenvalue weighted by Crippen LogP contribution is 2.29. The Balaban J connectivity index is 1.51. The molecule has 1 aromatic carbocycles. The highest BCUT2D eigenvalue weighted by molar-refractivity contribution is 6.20. The normalized spacial score (nSPS) is 28.9. The number of benzene rings is 1. The number of carbonyl (C=O) groups excluding carboxylic acids is 1. The van der Waals surface area contributed by atoms with Gasteiger partial charge in [0.1, 0.15) is 0 Å². The number of nitrogens with one attached hydrogen (secondary N) is 1. The van der Waals surface area contributed by atoms with Crippen LogP contribution in [0.15, 0.2) is 24.3 Å². The second-order valence-electron chi connectivity index (χ2n) is 6.23. The van der Waals surface area contributed by atoms with E-state index in [1.165, 1.54) is 11.1 Å². The van der Waals surface area contributed by atoms with Gasteiger partial charge in [0, 0.05) is 17.8 Å². The summed E-state index contributed by atoms with van der Waals surface area (Å²) < 4.78 is 0. The van der Waals surface area contributed by atoms with Crippen LogP contribution in [-0.2, 0) is 17.6 Å². The van der Waals surface area contributed by atoms with Crippen molar-refractivity contribution in [1.29, 1.82) is 0 Å². The summed E-state index contributed by atoms with van der Waals surface area (Å²) in [5, 5.41) is 3.47. The Labute approximate surface area is 125 Å². The molecule has 0 bridgehead atoms. The zero-order chi connectivity index (χ0) is 13.9. The summed E-state index contributed by atoms with van der Waals surface area (Å²) >= 11 is 6.11. The van der Waals surface area contributed by atoms with Crippen LogP contribution in [0.3, 0.4) is 0 Å². The van der Waals surface area contributed by atoms with Crippen LogP contribution in [0, 0.1) is 11.8 Å². The molecule has 20 heavy (non-hydrogen) atoms. The first-order chi connectivity index (χ1) is 9.72. The first kappa shape index (κ1) is 13.9. The molecule has 0 aliphatic heterocycles. The summed E-state index contributed by atoms with van der Waals surface area (Å²) in [5.74, 6) is 0.966. The van der Waals surface area contributed by atoms with E-state index in [9.17, 15) is 4.79 Å². The lowest BCUT2D eigenvalue weighted by atomic mass is 9.83. The molecule has 0 spiro atoms. The Hall–Kier alpha value is -1.02. The number of carbonyl (C=O) groups is 1. The molecule has 3 atom stereocenters. The van der Waals surface area contributed by atoms with Gasteiger partial charge >= 0.3 is 0 Å². The average molecular weight is 292 g/mol. The minimum atomic E-state index is 0.151. The summed E-state index contributed by atoms with van der Waals surface area (Å²) in [4.78, 5) is 12.3. The summed E-state index contributed by atoms with van der Waals surface area (Å²) in [6, 6.07) is 8.49. The van der Waals surface area contributed by atoms with Gasteiger partial charge in [0.15, 0.2) is 0 Å². The third kappa shape index (κ3) is 3.17. The van der Waals surface area contributed by atoms with Crippen LogP contribution in [0.25, 0.3) is 0 Å². The molecular weight excluding hydrogens is 270 g/mol. The van der Waals surface area contributed by atoms with Gasteiger partial charge in [-0.3, -0.25) is 4.79 Å². The van der Waals surface area contributed by atoms with Crippen molar-refractivity contribution >= 4 is 17.5 Å². The molecule has 3 rings (SSSR count). The number of hydrogen-bond donors (Lipinski definition) is 1. The smallest absolute Gasteiger partial charge is 0.223 e. The molecule has 1 N–H and O–H groups in total. The van der Waals surface area contributed by atoms with Crippen LogP contribution in [-0.4, -0.2) is 17.8 Å². The van der Waals surface area contributed by atoms with E-state index in [0.717, 1.165) is 45.1 Å². The predicted octanol–water partition coefficient (Wildman–Crippen LogP) is 3.32. The first-order valence-corrected chi connectivity index (χ1v) is 8.14. The molecule has 0 saturated heterocycles. The Morgan fingerprint density at radius 2 is 2.00 bits per heavy atom. The van der Waals surface area contributed by atoms with Gasteiger partial charge in [-0.05, 0) is 55.6 Å². The lowest BCUT2D eigenvalue weighted by Crippen LogP contribution is -2.36. The average Bonchev–Trinajstić information content (AvgIpc) is 2.90. The number of fused-ring (bicyclic) bond motifs is 1. The molecule has 1 fully saturated rings. The minimum Gasteiger partial charge on any atom is -0.356 e. The van der Waals surface area contributed by atoms with Gasteiger partial charge in [-0.2, -0.15) is 0 Å². The molecule has 108 valence electrons. The maximum atomic E-state index is 12.3. The van der Waals surface area contributed by atoms with E-state index in [4.69, 9.17) is 11.6 Å². The van der Waals surface area contributed by atoms with Crippen molar-refractivity contribution in [2.24, 2.45) is 11.8 Å². The molecule has 1 amide bonds. The van der Waals surface area contributed by atoms with Crippen LogP contribution in [0.2, 0.25) is 0 Å². The van der Waals surface area contributed by atoms with Gasteiger partial charge in [-0.25, -0.2) is 0 Å². The maximum Gasteiger partial charge on any atom is 0.223 e. The monoisotopic (exact) mass is 291 g/mol. The van der Waals surface area contributed by atoms with Crippen LogP contribution < -0.4 is 5.32 Å². The third-order valence-electron chi connectivity index (χ3n) is 4.76. The molecule has 2 nitrogen and oxygen atoms in total. The Morgan fingerprint density at radius 1 is 1.20 bits per heavy atom. The van der Waals surface area contributed by atoms with Crippen molar-refractivity contribution in [2.45, 2.75) is 43.9 Å². The molecule has 3 unspecified atom stereocenters. The van der Waals surface area contributed by atoms with Crippen molar-refractivity contribution in [2.75, 3.05) is 6.54 Å². The summed E-state index contributed by atoms with van der Waals surface area (Å²) in [6.45, 7) is 0.806. The summed E-state index contributed by atoms with van der Waals surface area (Å²) in [7, 11) is 0. The first-order valence-electron chi connectivity index (χ1n) is 7.71.